The van der Waals surface area contributed by atoms with Gasteiger partial charge in [-0.2, -0.15) is 11.8 Å². The van der Waals surface area contributed by atoms with Crippen LogP contribution < -0.4 is 10.7 Å². The number of aliphatic hydroxyl groups excluding tert-OH is 2. The maximum atomic E-state index is 9.65. The van der Waals surface area contributed by atoms with Crippen LogP contribution in [0.2, 0.25) is 0 Å². The molecule has 322 valence electrons. The number of rotatable bonds is 11. The smallest absolute Gasteiger partial charge is 0.106 e. The van der Waals surface area contributed by atoms with Crippen LogP contribution in [0.5, 0.6) is 0 Å². The van der Waals surface area contributed by atoms with Crippen LogP contribution in [0, 0.1) is 27.7 Å². The summed E-state index contributed by atoms with van der Waals surface area (Å²) in [6, 6.07) is 6.63. The zero-order chi connectivity index (χ0) is 43.7. The number of aromatic amines is 3. The molecule has 0 aliphatic carbocycles. The maximum absolute atomic E-state index is 9.65. The number of aromatic nitrogens is 5. The molecule has 7 rings (SSSR count). The Morgan fingerprint density at radius 3 is 2.17 bits per heavy atom. The summed E-state index contributed by atoms with van der Waals surface area (Å²) in [7, 11) is 0. The molecule has 0 saturated carbocycles. The van der Waals surface area contributed by atoms with Crippen molar-refractivity contribution in [2.24, 2.45) is 0 Å². The lowest BCUT2D eigenvalue weighted by Crippen LogP contribution is -2.36. The van der Waals surface area contributed by atoms with E-state index >= 15 is 0 Å². The van der Waals surface area contributed by atoms with Crippen LogP contribution in [-0.2, 0) is 17.6 Å². The molecule has 1 saturated heterocycles. The molecule has 5 N–H and O–H groups in total. The molecule has 7 heterocycles. The Balaban J connectivity index is 0.000000210. The first kappa shape index (κ1) is 47.0. The Labute approximate surface area is 365 Å². The number of nitrogens with one attached hydrogen (secondary N) is 3. The van der Waals surface area contributed by atoms with E-state index in [1.54, 1.807) is 17.8 Å². The van der Waals surface area contributed by atoms with Crippen LogP contribution >= 0.6 is 23.5 Å². The average molecular weight is 850 g/mol. The van der Waals surface area contributed by atoms with Crippen molar-refractivity contribution in [3.05, 3.63) is 104 Å². The number of aliphatic hydroxyl groups is 2. The van der Waals surface area contributed by atoms with Gasteiger partial charge in [0.2, 0.25) is 0 Å². The van der Waals surface area contributed by atoms with Gasteiger partial charge in [-0.3, -0.25) is 4.98 Å². The molecule has 8 bridgehead atoms. The second-order valence-corrected chi connectivity index (χ2v) is 18.6. The summed E-state index contributed by atoms with van der Waals surface area (Å²) in [6.45, 7) is 32.7. The molecule has 4 aromatic rings. The van der Waals surface area contributed by atoms with Crippen molar-refractivity contribution >= 4 is 82.5 Å². The molecule has 0 aromatic carbocycles. The lowest BCUT2D eigenvalue weighted by Gasteiger charge is -2.31. The number of hydrogen-bond acceptors (Lipinski definition) is 7. The SMILES string of the molecule is C=Cc1c(C)c(=C)[nH]c1=C.C=Cc1c(C)c2cc3nc(c(C)c4nc(cc5[nH]c(cc1[nH]2)c(C)c5CC)C(C)=C4)CC3C.CCCSCCCSC1CC(O)CC(CO)O1. The molecule has 4 unspecified atom stereocenters. The number of thioether (sulfide) groups is 2. The van der Waals surface area contributed by atoms with Crippen molar-refractivity contribution < 1.29 is 14.9 Å². The summed E-state index contributed by atoms with van der Waals surface area (Å²) >= 11 is 3.77. The molecule has 4 aromatic heterocycles. The first-order valence-corrected chi connectivity index (χ1v) is 23.6. The van der Waals surface area contributed by atoms with Crippen LogP contribution in [0.25, 0.3) is 59.0 Å². The van der Waals surface area contributed by atoms with Crippen LogP contribution in [-0.4, -0.2) is 76.6 Å². The van der Waals surface area contributed by atoms with E-state index in [0.29, 0.717) is 18.8 Å². The molecule has 8 nitrogen and oxygen atoms in total. The zero-order valence-corrected chi connectivity index (χ0v) is 38.8. The number of fused-ring (bicyclic) bond motifs is 8. The minimum absolute atomic E-state index is 0.0144. The van der Waals surface area contributed by atoms with E-state index in [2.05, 4.69) is 114 Å². The fraction of sp³-hybridized carbons (Fsp3) is 0.440. The van der Waals surface area contributed by atoms with E-state index in [1.165, 1.54) is 52.2 Å². The molecular formula is C50H67N5O3S2. The lowest BCUT2D eigenvalue weighted by atomic mass is 10.0. The summed E-state index contributed by atoms with van der Waals surface area (Å²) in [6.07, 6.45) is 11.1. The minimum atomic E-state index is -0.312. The number of allylic oxidation sites excluding steroid dienone is 1. The molecule has 0 radical (unpaired) electrons. The Morgan fingerprint density at radius 2 is 1.53 bits per heavy atom. The van der Waals surface area contributed by atoms with E-state index in [9.17, 15) is 5.11 Å². The number of H-pyrrole nitrogens is 3. The van der Waals surface area contributed by atoms with Crippen LogP contribution in [0.3, 0.4) is 0 Å². The standard InChI is InChI=1S/C29H32N4.C12H24O3S2.C9H11N/c1-8-20-18(6)27-14-29-21(9-2)17(5)26(32-29)12-22-15(3)10-24(30-22)19(7)25-11-16(4)23(31-25)13-28(20)33-27;1-2-4-16-5-3-6-17-12-8-10(14)7-11(9-13)15-12;1-5-9-6(2)7(3)10-8(9)4/h9,11-15,32-33H,2,8,10H2,1,3-7H3;10-14H,2-9H2,1H3;5,10H,1,3-4H2,2H3. The zero-order valence-electron chi connectivity index (χ0n) is 37.2. The van der Waals surface area contributed by atoms with Gasteiger partial charge in [0, 0.05) is 74.0 Å². The Hall–Kier alpha value is -4.06. The van der Waals surface area contributed by atoms with Crippen molar-refractivity contribution in [1.29, 1.82) is 0 Å². The second-order valence-electron chi connectivity index (χ2n) is 16.1. The maximum Gasteiger partial charge on any atom is 0.106 e. The van der Waals surface area contributed by atoms with E-state index in [0.717, 1.165) is 90.8 Å². The summed E-state index contributed by atoms with van der Waals surface area (Å²) in [4.78, 5) is 20.4. The van der Waals surface area contributed by atoms with Gasteiger partial charge in [0.25, 0.3) is 0 Å². The van der Waals surface area contributed by atoms with Crippen LogP contribution in [0.15, 0.2) is 31.4 Å². The molecule has 0 amide bonds. The van der Waals surface area contributed by atoms with Gasteiger partial charge >= 0.3 is 0 Å². The predicted molar refractivity (Wildman–Crippen MR) is 262 cm³/mol. The van der Waals surface area contributed by atoms with Crippen molar-refractivity contribution in [2.75, 3.05) is 23.9 Å². The van der Waals surface area contributed by atoms with Crippen molar-refractivity contribution in [3.63, 3.8) is 0 Å². The van der Waals surface area contributed by atoms with E-state index in [4.69, 9.17) is 19.8 Å². The van der Waals surface area contributed by atoms with Crippen LogP contribution in [0.4, 0.5) is 0 Å². The largest absolute Gasteiger partial charge is 0.394 e. The molecule has 3 aliphatic heterocycles. The third-order valence-electron chi connectivity index (χ3n) is 11.6. The van der Waals surface area contributed by atoms with Gasteiger partial charge in [0.05, 0.1) is 30.2 Å². The summed E-state index contributed by atoms with van der Waals surface area (Å²) in [5.74, 6) is 3.90. The summed E-state index contributed by atoms with van der Waals surface area (Å²) in [5.41, 5.74) is 18.3. The quantitative estimate of drug-likeness (QED) is 0.0953. The molecule has 1 fully saturated rings. The fourth-order valence-electron chi connectivity index (χ4n) is 7.94. The Bertz CT molecular complexity index is 2460. The predicted octanol–water partition coefficient (Wildman–Crippen LogP) is 10.3. The highest BCUT2D eigenvalue weighted by Crippen LogP contribution is 2.32. The second kappa shape index (κ2) is 21.6. The highest BCUT2D eigenvalue weighted by atomic mass is 32.2. The van der Waals surface area contributed by atoms with Gasteiger partial charge in [0.15, 0.2) is 0 Å². The van der Waals surface area contributed by atoms with Crippen LogP contribution in [0.1, 0.15) is 121 Å². The number of hydrogen-bond donors (Lipinski definition) is 5. The van der Waals surface area contributed by atoms with Crippen molar-refractivity contribution in [3.8, 4) is 0 Å². The summed E-state index contributed by atoms with van der Waals surface area (Å²) < 4.78 is 5.68. The highest BCUT2D eigenvalue weighted by molar-refractivity contribution is 8.00. The lowest BCUT2D eigenvalue weighted by molar-refractivity contribution is -0.0783. The molecule has 10 heteroatoms. The van der Waals surface area contributed by atoms with E-state index in [1.807, 2.05) is 24.8 Å². The summed E-state index contributed by atoms with van der Waals surface area (Å²) in [5, 5.41) is 20.5. The first-order valence-electron chi connectivity index (χ1n) is 21.4. The molecule has 60 heavy (non-hydrogen) atoms. The van der Waals surface area contributed by atoms with Crippen molar-refractivity contribution in [2.45, 2.75) is 117 Å². The van der Waals surface area contributed by atoms with Gasteiger partial charge < -0.3 is 29.9 Å². The number of nitrogens with zero attached hydrogens (tertiary/aromatic N) is 2. The highest BCUT2D eigenvalue weighted by Gasteiger charge is 2.28. The molecule has 4 atom stereocenters. The van der Waals surface area contributed by atoms with Gasteiger partial charge in [-0.25, -0.2) is 4.98 Å². The Kier molecular flexibility index (Phi) is 17.0. The number of aryl methyl sites for hydroxylation is 3. The van der Waals surface area contributed by atoms with Gasteiger partial charge in [-0.05, 0) is 135 Å². The number of ether oxygens (including phenoxy) is 1. The van der Waals surface area contributed by atoms with E-state index in [-0.39, 0.29) is 24.3 Å². The normalized spacial score (nSPS) is 18.5. The van der Waals surface area contributed by atoms with Gasteiger partial charge in [-0.1, -0.05) is 59.2 Å². The third kappa shape index (κ3) is 11.2. The monoisotopic (exact) mass is 849 g/mol. The molecular weight excluding hydrogens is 783 g/mol. The first-order chi connectivity index (χ1) is 28.7. The van der Waals surface area contributed by atoms with Gasteiger partial charge in [-0.15, -0.1) is 11.8 Å². The topological polar surface area (TPSA) is 123 Å². The minimum Gasteiger partial charge on any atom is -0.394 e. The molecule has 0 spiro atoms. The van der Waals surface area contributed by atoms with Crippen molar-refractivity contribution in [1.82, 2.24) is 24.9 Å². The Morgan fingerprint density at radius 1 is 0.817 bits per heavy atom. The third-order valence-corrected chi connectivity index (χ3v) is 14.1. The fourth-order valence-corrected chi connectivity index (χ4v) is 10.1. The average Bonchev–Trinajstić information content (AvgIpc) is 3.99. The van der Waals surface area contributed by atoms with E-state index < -0.39 is 0 Å². The molecule has 3 aliphatic rings. The van der Waals surface area contributed by atoms with Gasteiger partial charge in [0.1, 0.15) is 5.44 Å².